The molecule has 0 aliphatic heterocycles. The first kappa shape index (κ1) is 19.6. The van der Waals surface area contributed by atoms with E-state index in [-0.39, 0.29) is 42.2 Å². The zero-order chi connectivity index (χ0) is 14.8. The molecule has 0 atom stereocenters. The second kappa shape index (κ2) is 11.3. The zero-order valence-electron chi connectivity index (χ0n) is 12.2. The Morgan fingerprint density at radius 2 is 2.05 bits per heavy atom. The maximum absolute atomic E-state index is 13.0. The predicted molar refractivity (Wildman–Crippen MR) is 91.5 cm³/mol. The van der Waals surface area contributed by atoms with E-state index in [9.17, 15) is 9.18 Å². The van der Waals surface area contributed by atoms with Crippen LogP contribution in [0.25, 0.3) is 0 Å². The standard InChI is InChI=1S/C14H20FN3O2.HI/c1-16-14(18-9-7-13(19)20-2)17-8-6-11-4-3-5-12(15)10-11;/h3-5,10H,6-9H2,1-2H3,(H2,16,17,18);1H. The van der Waals surface area contributed by atoms with E-state index in [2.05, 4.69) is 20.4 Å². The van der Waals surface area contributed by atoms with Gasteiger partial charge in [-0.05, 0) is 24.1 Å². The molecule has 0 fully saturated rings. The van der Waals surface area contributed by atoms with Crippen LogP contribution >= 0.6 is 24.0 Å². The lowest BCUT2D eigenvalue weighted by Crippen LogP contribution is -2.39. The molecule has 5 nitrogen and oxygen atoms in total. The molecule has 118 valence electrons. The van der Waals surface area contributed by atoms with Crippen molar-refractivity contribution in [3.63, 3.8) is 0 Å². The molecule has 0 aliphatic carbocycles. The Labute approximate surface area is 141 Å². The summed E-state index contributed by atoms with van der Waals surface area (Å²) in [7, 11) is 3.00. The van der Waals surface area contributed by atoms with Crippen molar-refractivity contribution in [2.45, 2.75) is 12.8 Å². The average Bonchev–Trinajstić information content (AvgIpc) is 2.45. The molecular formula is C14H21FIN3O2. The lowest BCUT2D eigenvalue weighted by atomic mass is 10.1. The Kier molecular flexibility index (Phi) is 10.6. The van der Waals surface area contributed by atoms with E-state index in [1.54, 1.807) is 13.1 Å². The lowest BCUT2D eigenvalue weighted by molar-refractivity contribution is -0.140. The van der Waals surface area contributed by atoms with Crippen molar-refractivity contribution in [3.05, 3.63) is 35.6 Å². The molecule has 0 aromatic heterocycles. The van der Waals surface area contributed by atoms with Crippen molar-refractivity contribution in [1.82, 2.24) is 10.6 Å². The third-order valence-electron chi connectivity index (χ3n) is 2.67. The molecule has 0 saturated heterocycles. The van der Waals surface area contributed by atoms with Gasteiger partial charge in [0.1, 0.15) is 5.82 Å². The summed E-state index contributed by atoms with van der Waals surface area (Å²) in [6, 6.07) is 6.49. The quantitative estimate of drug-likeness (QED) is 0.325. The van der Waals surface area contributed by atoms with Crippen LogP contribution in [0.4, 0.5) is 4.39 Å². The van der Waals surface area contributed by atoms with Gasteiger partial charge in [-0.1, -0.05) is 12.1 Å². The van der Waals surface area contributed by atoms with Crippen molar-refractivity contribution in [1.29, 1.82) is 0 Å². The highest BCUT2D eigenvalue weighted by molar-refractivity contribution is 14.0. The van der Waals surface area contributed by atoms with E-state index in [0.717, 1.165) is 5.56 Å². The fourth-order valence-electron chi connectivity index (χ4n) is 1.62. The number of nitrogens with zero attached hydrogens (tertiary/aromatic N) is 1. The van der Waals surface area contributed by atoms with Crippen LogP contribution in [-0.4, -0.2) is 39.2 Å². The minimum Gasteiger partial charge on any atom is -0.469 e. The number of nitrogens with one attached hydrogen (secondary N) is 2. The molecule has 1 rings (SSSR count). The van der Waals surface area contributed by atoms with E-state index >= 15 is 0 Å². The minimum absolute atomic E-state index is 0. The summed E-state index contributed by atoms with van der Waals surface area (Å²) in [5.41, 5.74) is 0.919. The first-order chi connectivity index (χ1) is 9.65. The number of hydrogen-bond acceptors (Lipinski definition) is 3. The average molecular weight is 409 g/mol. The van der Waals surface area contributed by atoms with Crippen LogP contribution in [0.3, 0.4) is 0 Å². The van der Waals surface area contributed by atoms with Gasteiger partial charge in [0.25, 0.3) is 0 Å². The number of carbonyl (C=O) groups excluding carboxylic acids is 1. The highest BCUT2D eigenvalue weighted by Gasteiger charge is 2.02. The first-order valence-corrected chi connectivity index (χ1v) is 6.41. The van der Waals surface area contributed by atoms with Gasteiger partial charge >= 0.3 is 5.97 Å². The summed E-state index contributed by atoms with van der Waals surface area (Å²) in [4.78, 5) is 15.0. The van der Waals surface area contributed by atoms with E-state index in [1.807, 2.05) is 6.07 Å². The fraction of sp³-hybridized carbons (Fsp3) is 0.429. The molecule has 2 N–H and O–H groups in total. The van der Waals surface area contributed by atoms with Crippen LogP contribution in [0.15, 0.2) is 29.3 Å². The van der Waals surface area contributed by atoms with Crippen LogP contribution in [-0.2, 0) is 16.0 Å². The number of ether oxygens (including phenoxy) is 1. The maximum atomic E-state index is 13.0. The van der Waals surface area contributed by atoms with Gasteiger partial charge in [-0.3, -0.25) is 9.79 Å². The number of methoxy groups -OCH3 is 1. The van der Waals surface area contributed by atoms with Crippen molar-refractivity contribution in [3.8, 4) is 0 Å². The van der Waals surface area contributed by atoms with Gasteiger partial charge in [-0.25, -0.2) is 4.39 Å². The molecule has 21 heavy (non-hydrogen) atoms. The molecule has 1 aromatic rings. The van der Waals surface area contributed by atoms with E-state index in [0.29, 0.717) is 25.5 Å². The molecule has 0 amide bonds. The van der Waals surface area contributed by atoms with Crippen LogP contribution in [0.1, 0.15) is 12.0 Å². The second-order valence-corrected chi connectivity index (χ2v) is 4.13. The molecule has 0 spiro atoms. The fourth-order valence-corrected chi connectivity index (χ4v) is 1.62. The topological polar surface area (TPSA) is 62.7 Å². The number of hydrogen-bond donors (Lipinski definition) is 2. The number of carbonyl (C=O) groups is 1. The number of esters is 1. The van der Waals surface area contributed by atoms with Gasteiger partial charge in [0.15, 0.2) is 5.96 Å². The van der Waals surface area contributed by atoms with Gasteiger partial charge < -0.3 is 15.4 Å². The minimum atomic E-state index is -0.271. The van der Waals surface area contributed by atoms with Gasteiger partial charge in [0, 0.05) is 20.1 Å². The molecule has 0 radical (unpaired) electrons. The maximum Gasteiger partial charge on any atom is 0.307 e. The Balaban J connectivity index is 0.00000400. The summed E-state index contributed by atoms with van der Waals surface area (Å²) in [6.07, 6.45) is 0.969. The molecule has 0 aliphatic rings. The summed E-state index contributed by atoms with van der Waals surface area (Å²) in [5.74, 6) is 0.0982. The van der Waals surface area contributed by atoms with E-state index in [4.69, 9.17) is 0 Å². The van der Waals surface area contributed by atoms with E-state index < -0.39 is 0 Å². The number of aliphatic imine (C=N–C) groups is 1. The van der Waals surface area contributed by atoms with E-state index in [1.165, 1.54) is 19.2 Å². The lowest BCUT2D eigenvalue weighted by Gasteiger charge is -2.11. The van der Waals surface area contributed by atoms with Crippen LogP contribution < -0.4 is 10.6 Å². The SMILES string of the molecule is CN=C(NCCC(=O)OC)NCCc1cccc(F)c1.I. The zero-order valence-corrected chi connectivity index (χ0v) is 14.5. The Morgan fingerprint density at radius 1 is 1.33 bits per heavy atom. The van der Waals surface area contributed by atoms with Crippen molar-refractivity contribution in [2.24, 2.45) is 4.99 Å². The smallest absolute Gasteiger partial charge is 0.307 e. The van der Waals surface area contributed by atoms with Crippen molar-refractivity contribution in [2.75, 3.05) is 27.2 Å². The number of halogens is 2. The number of rotatable bonds is 6. The molecule has 7 heteroatoms. The molecule has 1 aromatic carbocycles. The molecule has 0 unspecified atom stereocenters. The first-order valence-electron chi connectivity index (χ1n) is 6.41. The second-order valence-electron chi connectivity index (χ2n) is 4.13. The third kappa shape index (κ3) is 8.49. The number of guanidine groups is 1. The summed E-state index contributed by atoms with van der Waals surface area (Å²) < 4.78 is 17.5. The van der Waals surface area contributed by atoms with Crippen molar-refractivity contribution >= 4 is 35.9 Å². The Bertz CT molecular complexity index is 469. The summed E-state index contributed by atoms with van der Waals surface area (Å²) in [5, 5.41) is 6.09. The Morgan fingerprint density at radius 3 is 2.67 bits per heavy atom. The summed E-state index contributed by atoms with van der Waals surface area (Å²) >= 11 is 0. The van der Waals surface area contributed by atoms with Gasteiger partial charge in [0.05, 0.1) is 13.5 Å². The highest BCUT2D eigenvalue weighted by atomic mass is 127. The normalized spacial score (nSPS) is 10.5. The largest absolute Gasteiger partial charge is 0.469 e. The van der Waals surface area contributed by atoms with Gasteiger partial charge in [-0.15, -0.1) is 24.0 Å². The highest BCUT2D eigenvalue weighted by Crippen LogP contribution is 2.03. The molecule has 0 saturated carbocycles. The van der Waals surface area contributed by atoms with Crippen LogP contribution in [0.5, 0.6) is 0 Å². The Hall–Kier alpha value is -1.38. The van der Waals surface area contributed by atoms with Crippen LogP contribution in [0.2, 0.25) is 0 Å². The monoisotopic (exact) mass is 409 g/mol. The predicted octanol–water partition coefficient (Wildman–Crippen LogP) is 1.71. The summed E-state index contributed by atoms with van der Waals surface area (Å²) in [6.45, 7) is 1.08. The van der Waals surface area contributed by atoms with Crippen LogP contribution in [0, 0.1) is 5.82 Å². The van der Waals surface area contributed by atoms with Gasteiger partial charge in [0.2, 0.25) is 0 Å². The molecule has 0 heterocycles. The molecule has 0 bridgehead atoms. The number of benzene rings is 1. The van der Waals surface area contributed by atoms with Crippen molar-refractivity contribution < 1.29 is 13.9 Å². The third-order valence-corrected chi connectivity index (χ3v) is 2.67. The molecular weight excluding hydrogens is 388 g/mol. The van der Waals surface area contributed by atoms with Gasteiger partial charge in [-0.2, -0.15) is 0 Å².